The summed E-state index contributed by atoms with van der Waals surface area (Å²) in [6.07, 6.45) is 3.63. The minimum absolute atomic E-state index is 0.223. The number of aromatic nitrogens is 1. The maximum absolute atomic E-state index is 10.9. The number of benzene rings is 1. The van der Waals surface area contributed by atoms with Gasteiger partial charge in [0.15, 0.2) is 0 Å². The van der Waals surface area contributed by atoms with Crippen molar-refractivity contribution >= 4 is 5.82 Å². The van der Waals surface area contributed by atoms with Crippen molar-refractivity contribution in [1.82, 2.24) is 4.98 Å². The minimum atomic E-state index is -0.448. The molecule has 0 aliphatic carbocycles. The van der Waals surface area contributed by atoms with E-state index in [0.717, 1.165) is 18.4 Å². The Labute approximate surface area is 126 Å². The summed E-state index contributed by atoms with van der Waals surface area (Å²) in [6, 6.07) is 14.0. The summed E-state index contributed by atoms with van der Waals surface area (Å²) >= 11 is 0. The van der Waals surface area contributed by atoms with E-state index in [1.54, 1.807) is 6.20 Å². The van der Waals surface area contributed by atoms with Gasteiger partial charge in [0.1, 0.15) is 5.82 Å². The molecule has 1 atom stereocenters. The molecular formula is C18H24N2O. The summed E-state index contributed by atoms with van der Waals surface area (Å²) in [4.78, 5) is 4.00. The summed E-state index contributed by atoms with van der Waals surface area (Å²) in [5, 5.41) is 10.9. The number of pyridine rings is 1. The van der Waals surface area contributed by atoms with Crippen LogP contribution in [0, 0.1) is 0 Å². The predicted molar refractivity (Wildman–Crippen MR) is 87.1 cm³/mol. The lowest BCUT2D eigenvalue weighted by molar-refractivity contribution is 0.0734. The lowest BCUT2D eigenvalue weighted by atomic mass is 9.70. The second kappa shape index (κ2) is 6.72. The van der Waals surface area contributed by atoms with Crippen molar-refractivity contribution in [2.45, 2.75) is 44.6 Å². The highest BCUT2D eigenvalue weighted by molar-refractivity contribution is 5.33. The minimum Gasteiger partial charge on any atom is -0.392 e. The third-order valence-corrected chi connectivity index (χ3v) is 4.52. The van der Waals surface area contributed by atoms with Crippen LogP contribution < -0.4 is 5.73 Å². The van der Waals surface area contributed by atoms with Gasteiger partial charge in [0.2, 0.25) is 0 Å². The molecule has 0 saturated heterocycles. The van der Waals surface area contributed by atoms with Crippen LogP contribution in [0.2, 0.25) is 0 Å². The molecule has 1 heterocycles. The van der Waals surface area contributed by atoms with Gasteiger partial charge >= 0.3 is 0 Å². The first-order valence-electron chi connectivity index (χ1n) is 7.56. The zero-order valence-corrected chi connectivity index (χ0v) is 12.8. The Kier molecular flexibility index (Phi) is 4.97. The molecule has 112 valence electrons. The zero-order valence-electron chi connectivity index (χ0n) is 12.8. The van der Waals surface area contributed by atoms with Crippen molar-refractivity contribution in [3.8, 4) is 0 Å². The molecule has 0 amide bonds. The molecule has 0 spiro atoms. The fourth-order valence-corrected chi connectivity index (χ4v) is 3.13. The van der Waals surface area contributed by atoms with E-state index in [9.17, 15) is 5.11 Å². The summed E-state index contributed by atoms with van der Waals surface area (Å²) in [5.41, 5.74) is 7.73. The molecule has 1 aromatic heterocycles. The van der Waals surface area contributed by atoms with Crippen LogP contribution in [0.25, 0.3) is 0 Å². The van der Waals surface area contributed by atoms with Gasteiger partial charge in [0, 0.05) is 11.6 Å². The lowest BCUT2D eigenvalue weighted by Crippen LogP contribution is -2.40. The molecular weight excluding hydrogens is 260 g/mol. The molecule has 1 aromatic carbocycles. The van der Waals surface area contributed by atoms with Gasteiger partial charge in [-0.2, -0.15) is 0 Å². The van der Waals surface area contributed by atoms with Crippen molar-refractivity contribution < 1.29 is 5.11 Å². The van der Waals surface area contributed by atoms with Crippen LogP contribution in [-0.2, 0) is 11.8 Å². The molecule has 0 aliphatic heterocycles. The quantitative estimate of drug-likeness (QED) is 0.855. The molecule has 0 fully saturated rings. The first-order valence-corrected chi connectivity index (χ1v) is 7.56. The van der Waals surface area contributed by atoms with Crippen LogP contribution in [0.1, 0.15) is 37.8 Å². The number of hydrogen-bond donors (Lipinski definition) is 2. The molecule has 3 N–H and O–H groups in total. The molecule has 2 aromatic rings. The van der Waals surface area contributed by atoms with Crippen molar-refractivity contribution in [3.05, 3.63) is 59.8 Å². The SMILES string of the molecule is CCC(CC)(c1ccccc1)C(O)Cc1ccnc(N)c1. The van der Waals surface area contributed by atoms with Crippen molar-refractivity contribution in [2.24, 2.45) is 0 Å². The number of aliphatic hydroxyl groups is 1. The monoisotopic (exact) mass is 284 g/mol. The van der Waals surface area contributed by atoms with E-state index < -0.39 is 6.10 Å². The number of nitrogens with zero attached hydrogens (tertiary/aromatic N) is 1. The van der Waals surface area contributed by atoms with Crippen LogP contribution in [-0.4, -0.2) is 16.2 Å². The first kappa shape index (κ1) is 15.5. The van der Waals surface area contributed by atoms with Crippen molar-refractivity contribution in [3.63, 3.8) is 0 Å². The fraction of sp³-hybridized carbons (Fsp3) is 0.389. The first-order chi connectivity index (χ1) is 10.1. The third-order valence-electron chi connectivity index (χ3n) is 4.52. The molecule has 0 bridgehead atoms. The number of rotatable bonds is 6. The Hall–Kier alpha value is -1.87. The molecule has 21 heavy (non-hydrogen) atoms. The van der Waals surface area contributed by atoms with Crippen LogP contribution in [0.4, 0.5) is 5.82 Å². The van der Waals surface area contributed by atoms with Gasteiger partial charge in [-0.25, -0.2) is 4.98 Å². The molecule has 3 nitrogen and oxygen atoms in total. The zero-order chi connectivity index (χ0) is 15.3. The fourth-order valence-electron chi connectivity index (χ4n) is 3.13. The number of aliphatic hydroxyl groups excluding tert-OH is 1. The van der Waals surface area contributed by atoms with E-state index in [4.69, 9.17) is 5.73 Å². The number of nitrogens with two attached hydrogens (primary N) is 1. The smallest absolute Gasteiger partial charge is 0.123 e. The topological polar surface area (TPSA) is 59.1 Å². The van der Waals surface area contributed by atoms with Gasteiger partial charge in [-0.3, -0.25) is 0 Å². The Morgan fingerprint density at radius 3 is 2.38 bits per heavy atom. The van der Waals surface area contributed by atoms with Crippen LogP contribution >= 0.6 is 0 Å². The third kappa shape index (κ3) is 3.24. The van der Waals surface area contributed by atoms with Crippen LogP contribution in [0.3, 0.4) is 0 Å². The van der Waals surface area contributed by atoms with E-state index in [-0.39, 0.29) is 5.41 Å². The Balaban J connectivity index is 2.29. The van der Waals surface area contributed by atoms with E-state index in [1.807, 2.05) is 30.3 Å². The van der Waals surface area contributed by atoms with E-state index in [2.05, 4.69) is 31.0 Å². The Morgan fingerprint density at radius 1 is 1.14 bits per heavy atom. The van der Waals surface area contributed by atoms with Crippen molar-refractivity contribution in [2.75, 3.05) is 5.73 Å². The predicted octanol–water partition coefficient (Wildman–Crippen LogP) is 3.33. The molecule has 2 rings (SSSR count). The maximum Gasteiger partial charge on any atom is 0.123 e. The second-order valence-electron chi connectivity index (χ2n) is 5.54. The van der Waals surface area contributed by atoms with Gasteiger partial charge in [-0.15, -0.1) is 0 Å². The van der Waals surface area contributed by atoms with Crippen LogP contribution in [0.15, 0.2) is 48.7 Å². The maximum atomic E-state index is 10.9. The van der Waals surface area contributed by atoms with Gasteiger partial charge < -0.3 is 10.8 Å². The average Bonchev–Trinajstić information content (AvgIpc) is 2.50. The van der Waals surface area contributed by atoms with E-state index in [0.29, 0.717) is 12.2 Å². The molecule has 0 radical (unpaired) electrons. The number of nitrogen functional groups attached to an aromatic ring is 1. The molecule has 1 unspecified atom stereocenters. The summed E-state index contributed by atoms with van der Waals surface area (Å²) in [6.45, 7) is 4.28. The molecule has 3 heteroatoms. The van der Waals surface area contributed by atoms with Gasteiger partial charge in [-0.05, 0) is 42.5 Å². The lowest BCUT2D eigenvalue weighted by Gasteiger charge is -2.37. The number of hydrogen-bond acceptors (Lipinski definition) is 3. The van der Waals surface area contributed by atoms with Gasteiger partial charge in [-0.1, -0.05) is 44.2 Å². The van der Waals surface area contributed by atoms with Crippen molar-refractivity contribution in [1.29, 1.82) is 0 Å². The normalized spacial score (nSPS) is 13.1. The Morgan fingerprint density at radius 2 is 1.81 bits per heavy atom. The largest absolute Gasteiger partial charge is 0.392 e. The summed E-state index contributed by atoms with van der Waals surface area (Å²) in [5.74, 6) is 0.498. The highest BCUT2D eigenvalue weighted by atomic mass is 16.3. The van der Waals surface area contributed by atoms with Crippen LogP contribution in [0.5, 0.6) is 0 Å². The van der Waals surface area contributed by atoms with E-state index >= 15 is 0 Å². The average molecular weight is 284 g/mol. The summed E-state index contributed by atoms with van der Waals surface area (Å²) < 4.78 is 0. The van der Waals surface area contributed by atoms with Gasteiger partial charge in [0.05, 0.1) is 6.10 Å². The highest BCUT2D eigenvalue weighted by Crippen LogP contribution is 2.36. The highest BCUT2D eigenvalue weighted by Gasteiger charge is 2.36. The van der Waals surface area contributed by atoms with Gasteiger partial charge in [0.25, 0.3) is 0 Å². The van der Waals surface area contributed by atoms with E-state index in [1.165, 1.54) is 5.56 Å². The summed E-state index contributed by atoms with van der Waals surface area (Å²) in [7, 11) is 0. The standard InChI is InChI=1S/C18H24N2O/c1-3-18(4-2,15-8-6-5-7-9-15)16(21)12-14-10-11-20-17(19)13-14/h5-11,13,16,21H,3-4,12H2,1-2H3,(H2,19,20). The molecule has 0 aliphatic rings. The molecule has 0 saturated carbocycles. The number of anilines is 1. The second-order valence-corrected chi connectivity index (χ2v) is 5.54. The Bertz CT molecular complexity index is 564.